The maximum absolute atomic E-state index is 12.6. The maximum Gasteiger partial charge on any atom is 0.397 e. The number of aliphatic hydroxyl groups is 1. The van der Waals surface area contributed by atoms with Gasteiger partial charge in [0.05, 0.1) is 19.7 Å². The smallest absolute Gasteiger partial charge is 0.397 e. The molecule has 0 aromatic carbocycles. The summed E-state index contributed by atoms with van der Waals surface area (Å²) in [5.41, 5.74) is -0.627. The number of hydrogen-bond acceptors (Lipinski definition) is 4. The molecule has 2 rings (SSSR count). The number of esters is 1. The summed E-state index contributed by atoms with van der Waals surface area (Å²) in [6.45, 7) is 6.60. The Balaban J connectivity index is 2.52. The number of likely N-dealkylation sites (N-methyl/N-ethyl adjacent to an activating group) is 1. The lowest BCUT2D eigenvalue weighted by molar-refractivity contribution is -0.806. The van der Waals surface area contributed by atoms with Gasteiger partial charge in [0.2, 0.25) is 0 Å². The van der Waals surface area contributed by atoms with Crippen LogP contribution in [0.15, 0.2) is 11.5 Å². The number of rotatable bonds is 4. The molecule has 0 unspecified atom stereocenters. The van der Waals surface area contributed by atoms with Crippen molar-refractivity contribution in [2.45, 2.75) is 33.6 Å². The van der Waals surface area contributed by atoms with Crippen molar-refractivity contribution in [3.63, 3.8) is 0 Å². The molecule has 1 aliphatic carbocycles. The lowest BCUT2D eigenvalue weighted by Crippen LogP contribution is -2.52. The zero-order valence-corrected chi connectivity index (χ0v) is 11.2. The standard InChI is InChI=1S/C13H19NO4/c1-4-14(5-2)9(11(16)18-6-3)10(15)13(7-8-13)12(14)17/h4-8H2,1-3H3/p+1. The van der Waals surface area contributed by atoms with Crippen molar-refractivity contribution in [3.05, 3.63) is 11.5 Å². The van der Waals surface area contributed by atoms with Gasteiger partial charge in [-0.15, -0.1) is 0 Å². The molecular weight excluding hydrogens is 234 g/mol. The average molecular weight is 254 g/mol. The van der Waals surface area contributed by atoms with Crippen LogP contribution in [0.25, 0.3) is 0 Å². The van der Waals surface area contributed by atoms with E-state index in [9.17, 15) is 14.7 Å². The number of quaternary nitrogens is 1. The van der Waals surface area contributed by atoms with Crippen molar-refractivity contribution in [1.82, 2.24) is 0 Å². The van der Waals surface area contributed by atoms with Crippen molar-refractivity contribution < 1.29 is 23.9 Å². The van der Waals surface area contributed by atoms with E-state index in [1.54, 1.807) is 6.92 Å². The predicted octanol–water partition coefficient (Wildman–Crippen LogP) is 1.50. The van der Waals surface area contributed by atoms with Crippen LogP contribution in [0, 0.1) is 5.41 Å². The summed E-state index contributed by atoms with van der Waals surface area (Å²) < 4.78 is 4.92. The van der Waals surface area contributed by atoms with Crippen LogP contribution in [0.4, 0.5) is 0 Å². The third kappa shape index (κ3) is 1.37. The summed E-state index contributed by atoms with van der Waals surface area (Å²) in [7, 11) is 0. The normalized spacial score (nSPS) is 23.6. The van der Waals surface area contributed by atoms with Crippen LogP contribution in [0.2, 0.25) is 0 Å². The van der Waals surface area contributed by atoms with Gasteiger partial charge in [-0.05, 0) is 33.6 Å². The average Bonchev–Trinajstić information content (AvgIpc) is 3.12. The van der Waals surface area contributed by atoms with Gasteiger partial charge in [0, 0.05) is 0 Å². The third-order valence-electron chi connectivity index (χ3n) is 4.20. The lowest BCUT2D eigenvalue weighted by Gasteiger charge is -2.30. The molecule has 1 heterocycles. The van der Waals surface area contributed by atoms with Crippen molar-refractivity contribution >= 4 is 11.9 Å². The molecule has 5 nitrogen and oxygen atoms in total. The molecule has 1 amide bonds. The third-order valence-corrected chi connectivity index (χ3v) is 4.20. The Hall–Kier alpha value is -1.36. The minimum Gasteiger partial charge on any atom is -0.505 e. The summed E-state index contributed by atoms with van der Waals surface area (Å²) in [6.07, 6.45) is 1.28. The largest absolute Gasteiger partial charge is 0.505 e. The number of ether oxygens (including phenoxy) is 1. The van der Waals surface area contributed by atoms with Gasteiger partial charge in [-0.2, -0.15) is 0 Å². The molecule has 1 saturated carbocycles. The molecule has 5 heteroatoms. The number of aliphatic hydroxyl groups excluding tert-OH is 1. The highest BCUT2D eigenvalue weighted by Gasteiger charge is 2.71. The first-order valence-corrected chi connectivity index (χ1v) is 6.53. The predicted molar refractivity (Wildman–Crippen MR) is 64.3 cm³/mol. The fraction of sp³-hybridized carbons (Fsp3) is 0.692. The van der Waals surface area contributed by atoms with Gasteiger partial charge in [0.1, 0.15) is 5.41 Å². The van der Waals surface area contributed by atoms with Gasteiger partial charge in [-0.3, -0.25) is 0 Å². The second-order valence-corrected chi connectivity index (χ2v) is 4.91. The molecule has 0 aromatic heterocycles. The molecule has 0 aromatic rings. The van der Waals surface area contributed by atoms with E-state index in [0.29, 0.717) is 25.9 Å². The summed E-state index contributed by atoms with van der Waals surface area (Å²) in [6, 6.07) is 0. The summed E-state index contributed by atoms with van der Waals surface area (Å²) in [4.78, 5) is 24.6. The molecule has 2 aliphatic rings. The topological polar surface area (TPSA) is 63.6 Å². The Morgan fingerprint density at radius 3 is 2.28 bits per heavy atom. The summed E-state index contributed by atoms with van der Waals surface area (Å²) in [5, 5.41) is 10.3. The molecule has 18 heavy (non-hydrogen) atoms. The highest BCUT2D eigenvalue weighted by molar-refractivity contribution is 5.97. The summed E-state index contributed by atoms with van der Waals surface area (Å²) >= 11 is 0. The Morgan fingerprint density at radius 2 is 1.89 bits per heavy atom. The Kier molecular flexibility index (Phi) is 2.97. The minimum atomic E-state index is -0.784. The highest BCUT2D eigenvalue weighted by atomic mass is 16.5. The summed E-state index contributed by atoms with van der Waals surface area (Å²) in [5.74, 6) is -0.654. The van der Waals surface area contributed by atoms with Gasteiger partial charge in [-0.1, -0.05) is 0 Å². The van der Waals surface area contributed by atoms with Gasteiger partial charge in [-0.25, -0.2) is 14.1 Å². The van der Waals surface area contributed by atoms with Crippen LogP contribution < -0.4 is 0 Å². The van der Waals surface area contributed by atoms with E-state index in [2.05, 4.69) is 0 Å². The SMILES string of the molecule is CCOC(=O)C1=C(O)C2(CC2)C(=O)[N+]1(CC)CC. The van der Waals surface area contributed by atoms with Crippen molar-refractivity contribution in [2.24, 2.45) is 5.41 Å². The van der Waals surface area contributed by atoms with E-state index in [0.717, 1.165) is 0 Å². The minimum absolute atomic E-state index is 0.0466. The number of carbonyl (C=O) groups excluding carboxylic acids is 2. The second kappa shape index (κ2) is 4.09. The Bertz CT molecular complexity index is 430. The maximum atomic E-state index is 12.6. The van der Waals surface area contributed by atoms with Crippen molar-refractivity contribution in [3.8, 4) is 0 Å². The van der Waals surface area contributed by atoms with Crippen LogP contribution in [-0.2, 0) is 14.3 Å². The Labute approximate surface area is 107 Å². The first-order chi connectivity index (χ1) is 8.50. The molecule has 1 fully saturated rings. The van der Waals surface area contributed by atoms with E-state index in [4.69, 9.17) is 4.74 Å². The molecule has 1 spiro atoms. The molecule has 0 radical (unpaired) electrons. The van der Waals surface area contributed by atoms with Crippen LogP contribution in [0.5, 0.6) is 0 Å². The Morgan fingerprint density at radius 1 is 1.33 bits per heavy atom. The molecule has 1 aliphatic heterocycles. The number of hydrogen-bond donors (Lipinski definition) is 1. The second-order valence-electron chi connectivity index (χ2n) is 4.91. The van der Waals surface area contributed by atoms with Gasteiger partial charge in [0.25, 0.3) is 5.70 Å². The fourth-order valence-corrected chi connectivity index (χ4v) is 2.92. The monoisotopic (exact) mass is 254 g/mol. The molecule has 1 N–H and O–H groups in total. The molecule has 0 bridgehead atoms. The molecule has 0 atom stereocenters. The van der Waals surface area contributed by atoms with E-state index in [-0.39, 0.29) is 28.5 Å². The fourth-order valence-electron chi connectivity index (χ4n) is 2.92. The lowest BCUT2D eigenvalue weighted by atomic mass is 10.1. The number of carbonyl (C=O) groups is 2. The van der Waals surface area contributed by atoms with Crippen LogP contribution >= 0.6 is 0 Å². The van der Waals surface area contributed by atoms with Crippen molar-refractivity contribution in [2.75, 3.05) is 19.7 Å². The van der Waals surface area contributed by atoms with Gasteiger partial charge in [0.15, 0.2) is 5.76 Å². The molecule has 0 saturated heterocycles. The first kappa shape index (κ1) is 13.1. The van der Waals surface area contributed by atoms with Crippen molar-refractivity contribution in [1.29, 1.82) is 0 Å². The highest BCUT2D eigenvalue weighted by Crippen LogP contribution is 2.59. The molecular formula is C13H20NO4+. The number of amides is 1. The van der Waals surface area contributed by atoms with E-state index >= 15 is 0 Å². The van der Waals surface area contributed by atoms with Gasteiger partial charge < -0.3 is 9.84 Å². The van der Waals surface area contributed by atoms with E-state index in [1.807, 2.05) is 13.8 Å². The van der Waals surface area contributed by atoms with Crippen LogP contribution in [-0.4, -0.2) is 41.2 Å². The first-order valence-electron chi connectivity index (χ1n) is 6.53. The van der Waals surface area contributed by atoms with Crippen LogP contribution in [0.3, 0.4) is 0 Å². The van der Waals surface area contributed by atoms with Gasteiger partial charge >= 0.3 is 11.9 Å². The molecule has 100 valence electrons. The zero-order valence-electron chi connectivity index (χ0n) is 11.2. The van der Waals surface area contributed by atoms with Crippen LogP contribution in [0.1, 0.15) is 33.6 Å². The van der Waals surface area contributed by atoms with E-state index < -0.39 is 11.4 Å². The quantitative estimate of drug-likeness (QED) is 0.610. The zero-order chi connectivity index (χ0) is 13.6. The van der Waals surface area contributed by atoms with E-state index in [1.165, 1.54) is 0 Å². The number of nitrogens with zero attached hydrogens (tertiary/aromatic N) is 1.